The van der Waals surface area contributed by atoms with Crippen molar-refractivity contribution in [1.29, 1.82) is 0 Å². The first-order valence-corrected chi connectivity index (χ1v) is 9.77. The summed E-state index contributed by atoms with van der Waals surface area (Å²) in [6, 6.07) is 0. The van der Waals surface area contributed by atoms with Gasteiger partial charge in [0.15, 0.2) is 0 Å². The predicted octanol–water partition coefficient (Wildman–Crippen LogP) is 5.31. The highest BCUT2D eigenvalue weighted by molar-refractivity contribution is 4.92. The molecule has 0 aliphatic heterocycles. The van der Waals surface area contributed by atoms with Gasteiger partial charge in [-0.05, 0) is 42.9 Å². The Hall–Kier alpha value is -0.0800. The minimum atomic E-state index is -0.245. The third-order valence-electron chi connectivity index (χ3n) is 5.96. The summed E-state index contributed by atoms with van der Waals surface area (Å²) in [5, 5.41) is 21.0. The molecular weight excluding hydrogens is 272 g/mol. The molecule has 0 aromatic carbocycles. The first-order valence-electron chi connectivity index (χ1n) is 9.77. The van der Waals surface area contributed by atoms with Crippen LogP contribution in [-0.4, -0.2) is 22.4 Å². The van der Waals surface area contributed by atoms with Crippen molar-refractivity contribution in [1.82, 2.24) is 0 Å². The Bertz CT molecular complexity index is 289. The molecule has 0 amide bonds. The van der Waals surface area contributed by atoms with Crippen LogP contribution < -0.4 is 0 Å². The van der Waals surface area contributed by atoms with Gasteiger partial charge in [-0.3, -0.25) is 0 Å². The van der Waals surface area contributed by atoms with Gasteiger partial charge in [0.05, 0.1) is 12.2 Å². The topological polar surface area (TPSA) is 40.5 Å². The first-order chi connectivity index (χ1) is 10.4. The third-order valence-corrected chi connectivity index (χ3v) is 5.96. The molecule has 4 atom stereocenters. The van der Waals surface area contributed by atoms with Gasteiger partial charge in [0.25, 0.3) is 0 Å². The number of aliphatic hydroxyl groups is 2. The van der Waals surface area contributed by atoms with Gasteiger partial charge in [-0.2, -0.15) is 0 Å². The van der Waals surface area contributed by atoms with Crippen LogP contribution in [0.2, 0.25) is 0 Å². The zero-order chi connectivity index (χ0) is 16.6. The predicted molar refractivity (Wildman–Crippen MR) is 94.9 cm³/mol. The van der Waals surface area contributed by atoms with Crippen LogP contribution in [0.3, 0.4) is 0 Å². The summed E-state index contributed by atoms with van der Waals surface area (Å²) in [4.78, 5) is 0. The van der Waals surface area contributed by atoms with Crippen LogP contribution >= 0.6 is 0 Å². The maximum Gasteiger partial charge on any atom is 0.0594 e. The summed E-state index contributed by atoms with van der Waals surface area (Å²) in [5.74, 6) is 0.957. The highest BCUT2D eigenvalue weighted by Crippen LogP contribution is 2.44. The number of hydrogen-bond donors (Lipinski definition) is 2. The van der Waals surface area contributed by atoms with Crippen LogP contribution in [0, 0.1) is 17.3 Å². The Labute approximate surface area is 138 Å². The second-order valence-corrected chi connectivity index (χ2v) is 8.30. The molecule has 1 aliphatic rings. The van der Waals surface area contributed by atoms with E-state index in [1.165, 1.54) is 38.5 Å². The number of rotatable bonds is 10. The summed E-state index contributed by atoms with van der Waals surface area (Å²) in [6.45, 7) is 8.83. The van der Waals surface area contributed by atoms with Crippen molar-refractivity contribution in [2.75, 3.05) is 0 Å². The number of hydrogen-bond acceptors (Lipinski definition) is 2. The van der Waals surface area contributed by atoms with Gasteiger partial charge in [0.1, 0.15) is 0 Å². The zero-order valence-electron chi connectivity index (χ0n) is 15.5. The van der Waals surface area contributed by atoms with E-state index in [2.05, 4.69) is 27.7 Å². The Kier molecular flexibility index (Phi) is 9.01. The Morgan fingerprint density at radius 2 is 1.64 bits per heavy atom. The molecule has 1 rings (SSSR count). The molecule has 1 aliphatic carbocycles. The molecule has 2 N–H and O–H groups in total. The smallest absolute Gasteiger partial charge is 0.0594 e. The molecule has 0 saturated heterocycles. The van der Waals surface area contributed by atoms with Crippen molar-refractivity contribution >= 4 is 0 Å². The first kappa shape index (κ1) is 20.0. The van der Waals surface area contributed by atoms with E-state index in [1.54, 1.807) is 0 Å². The quantitative estimate of drug-likeness (QED) is 0.537. The monoisotopic (exact) mass is 312 g/mol. The van der Waals surface area contributed by atoms with Crippen molar-refractivity contribution in [3.8, 4) is 0 Å². The standard InChI is InChI=1S/C20H40O2/c1-5-6-7-8-9-10-11-12-19(22)20(4)14-13-17(16(2)3)18(21)15-20/h16-19,21-22H,5-15H2,1-4H3/t17-,18+,19?,20+/m0/s1. The van der Waals surface area contributed by atoms with Crippen LogP contribution in [0.25, 0.3) is 0 Å². The molecule has 132 valence electrons. The van der Waals surface area contributed by atoms with E-state index >= 15 is 0 Å². The van der Waals surface area contributed by atoms with Gasteiger partial charge >= 0.3 is 0 Å². The second-order valence-electron chi connectivity index (χ2n) is 8.30. The summed E-state index contributed by atoms with van der Waals surface area (Å²) in [7, 11) is 0. The minimum absolute atomic E-state index is 0.0764. The van der Waals surface area contributed by atoms with Gasteiger partial charge in [-0.25, -0.2) is 0 Å². The lowest BCUT2D eigenvalue weighted by Gasteiger charge is -2.44. The molecule has 0 aromatic rings. The van der Waals surface area contributed by atoms with Gasteiger partial charge < -0.3 is 10.2 Å². The fourth-order valence-corrected chi connectivity index (χ4v) is 4.14. The summed E-state index contributed by atoms with van der Waals surface area (Å²) < 4.78 is 0. The maximum absolute atomic E-state index is 10.6. The molecule has 1 unspecified atom stereocenters. The molecule has 2 nitrogen and oxygen atoms in total. The average molecular weight is 313 g/mol. The second kappa shape index (κ2) is 9.93. The molecule has 22 heavy (non-hydrogen) atoms. The van der Waals surface area contributed by atoms with Gasteiger partial charge in [0, 0.05) is 0 Å². The van der Waals surface area contributed by atoms with E-state index in [-0.39, 0.29) is 17.6 Å². The maximum atomic E-state index is 10.6. The van der Waals surface area contributed by atoms with Crippen LogP contribution in [-0.2, 0) is 0 Å². The minimum Gasteiger partial charge on any atom is -0.393 e. The molecule has 0 bridgehead atoms. The highest BCUT2D eigenvalue weighted by atomic mass is 16.3. The van der Waals surface area contributed by atoms with Crippen LogP contribution in [0.5, 0.6) is 0 Å². The summed E-state index contributed by atoms with van der Waals surface area (Å²) in [5.41, 5.74) is -0.0764. The van der Waals surface area contributed by atoms with Crippen molar-refractivity contribution in [2.24, 2.45) is 17.3 Å². The van der Waals surface area contributed by atoms with Crippen molar-refractivity contribution in [2.45, 2.75) is 111 Å². The van der Waals surface area contributed by atoms with Gasteiger partial charge in [0.2, 0.25) is 0 Å². The van der Waals surface area contributed by atoms with Gasteiger partial charge in [-0.15, -0.1) is 0 Å². The molecule has 0 spiro atoms. The third kappa shape index (κ3) is 6.20. The van der Waals surface area contributed by atoms with E-state index in [0.29, 0.717) is 11.8 Å². The van der Waals surface area contributed by atoms with Crippen LogP contribution in [0.1, 0.15) is 98.3 Å². The Morgan fingerprint density at radius 1 is 1.05 bits per heavy atom. The van der Waals surface area contributed by atoms with E-state index < -0.39 is 0 Å². The van der Waals surface area contributed by atoms with Crippen molar-refractivity contribution in [3.63, 3.8) is 0 Å². The highest BCUT2D eigenvalue weighted by Gasteiger charge is 2.41. The summed E-state index contributed by atoms with van der Waals surface area (Å²) in [6.07, 6.45) is 12.4. The van der Waals surface area contributed by atoms with E-state index in [0.717, 1.165) is 32.1 Å². The van der Waals surface area contributed by atoms with Crippen molar-refractivity contribution < 1.29 is 10.2 Å². The molecular formula is C20H40O2. The fraction of sp³-hybridized carbons (Fsp3) is 1.00. The summed E-state index contributed by atoms with van der Waals surface area (Å²) >= 11 is 0. The lowest BCUT2D eigenvalue weighted by Crippen LogP contribution is -2.43. The SMILES string of the molecule is CCCCCCCCCC(O)[C@]1(C)CC[C@@H](C(C)C)[C@H](O)C1. The van der Waals surface area contributed by atoms with E-state index in [1.807, 2.05) is 0 Å². The molecule has 0 radical (unpaired) electrons. The lowest BCUT2D eigenvalue weighted by molar-refractivity contribution is -0.0703. The van der Waals surface area contributed by atoms with Gasteiger partial charge in [-0.1, -0.05) is 72.6 Å². The largest absolute Gasteiger partial charge is 0.393 e. The molecule has 1 fully saturated rings. The van der Waals surface area contributed by atoms with Crippen LogP contribution in [0.4, 0.5) is 0 Å². The van der Waals surface area contributed by atoms with Crippen molar-refractivity contribution in [3.05, 3.63) is 0 Å². The molecule has 2 heteroatoms. The number of unbranched alkanes of at least 4 members (excludes halogenated alkanes) is 6. The molecule has 0 heterocycles. The Balaban J connectivity index is 2.25. The Morgan fingerprint density at radius 3 is 2.18 bits per heavy atom. The van der Waals surface area contributed by atoms with E-state index in [4.69, 9.17) is 0 Å². The zero-order valence-corrected chi connectivity index (χ0v) is 15.5. The number of aliphatic hydroxyl groups excluding tert-OH is 2. The normalized spacial score (nSPS) is 30.7. The molecule has 1 saturated carbocycles. The molecule has 0 aromatic heterocycles. The van der Waals surface area contributed by atoms with E-state index in [9.17, 15) is 10.2 Å². The lowest BCUT2D eigenvalue weighted by atomic mass is 9.64. The average Bonchev–Trinajstić information content (AvgIpc) is 2.45. The fourth-order valence-electron chi connectivity index (χ4n) is 4.14. The van der Waals surface area contributed by atoms with Crippen LogP contribution in [0.15, 0.2) is 0 Å².